The van der Waals surface area contributed by atoms with Gasteiger partial charge in [-0.1, -0.05) is 11.6 Å². The normalized spacial score (nSPS) is 10.5. The first-order valence-electron chi connectivity index (χ1n) is 6.58. The number of rotatable bonds is 6. The van der Waals surface area contributed by atoms with Crippen molar-refractivity contribution in [1.82, 2.24) is 4.98 Å². The molecule has 1 aromatic carbocycles. The van der Waals surface area contributed by atoms with Crippen molar-refractivity contribution in [1.29, 1.82) is 0 Å². The molecule has 0 bridgehead atoms. The second-order valence-corrected chi connectivity index (χ2v) is 5.77. The lowest BCUT2D eigenvalue weighted by atomic mass is 10.2. The fourth-order valence-electron chi connectivity index (χ4n) is 1.97. The van der Waals surface area contributed by atoms with Crippen LogP contribution in [0.15, 0.2) is 41.0 Å². The minimum Gasteiger partial charge on any atom is -0.497 e. The van der Waals surface area contributed by atoms with Gasteiger partial charge in [-0.05, 0) is 59.2 Å². The van der Waals surface area contributed by atoms with Crippen LogP contribution in [-0.4, -0.2) is 25.2 Å². The van der Waals surface area contributed by atoms with Crippen LogP contribution < -0.4 is 15.4 Å². The molecule has 2 rings (SSSR count). The van der Waals surface area contributed by atoms with Gasteiger partial charge in [0.05, 0.1) is 12.1 Å². The van der Waals surface area contributed by atoms with E-state index in [1.165, 1.54) is 0 Å². The van der Waals surface area contributed by atoms with Crippen molar-refractivity contribution in [3.63, 3.8) is 0 Å². The SMILES string of the molecule is COc1ccc(N(CCCN)c2ncc(Br)cc2Cl)cc1. The van der Waals surface area contributed by atoms with Crippen LogP contribution in [0.2, 0.25) is 5.02 Å². The molecule has 0 aliphatic heterocycles. The van der Waals surface area contributed by atoms with Gasteiger partial charge in [0.15, 0.2) is 5.82 Å². The average Bonchev–Trinajstić information content (AvgIpc) is 2.50. The zero-order valence-electron chi connectivity index (χ0n) is 11.7. The van der Waals surface area contributed by atoms with E-state index in [0.29, 0.717) is 11.6 Å². The monoisotopic (exact) mass is 369 g/mol. The lowest BCUT2D eigenvalue weighted by Crippen LogP contribution is -2.22. The van der Waals surface area contributed by atoms with Crippen molar-refractivity contribution in [2.24, 2.45) is 5.73 Å². The van der Waals surface area contributed by atoms with Crippen LogP contribution in [-0.2, 0) is 0 Å². The minimum atomic E-state index is 0.595. The molecule has 1 aromatic heterocycles. The summed E-state index contributed by atoms with van der Waals surface area (Å²) in [5, 5.41) is 0.595. The first kappa shape index (κ1) is 16.1. The van der Waals surface area contributed by atoms with Crippen LogP contribution in [0, 0.1) is 0 Å². The van der Waals surface area contributed by atoms with Gasteiger partial charge in [0.25, 0.3) is 0 Å². The van der Waals surface area contributed by atoms with Gasteiger partial charge in [0.2, 0.25) is 0 Å². The highest BCUT2D eigenvalue weighted by molar-refractivity contribution is 9.10. The Morgan fingerprint density at radius 2 is 2.05 bits per heavy atom. The predicted molar refractivity (Wildman–Crippen MR) is 90.6 cm³/mol. The summed E-state index contributed by atoms with van der Waals surface area (Å²) in [4.78, 5) is 6.48. The molecule has 2 aromatic rings. The van der Waals surface area contributed by atoms with Crippen molar-refractivity contribution in [2.45, 2.75) is 6.42 Å². The Hall–Kier alpha value is -1.30. The Kier molecular flexibility index (Phi) is 5.85. The summed E-state index contributed by atoms with van der Waals surface area (Å²) < 4.78 is 6.04. The van der Waals surface area contributed by atoms with E-state index in [1.807, 2.05) is 30.3 Å². The quantitative estimate of drug-likeness (QED) is 0.835. The Labute approximate surface area is 138 Å². The zero-order chi connectivity index (χ0) is 15.2. The van der Waals surface area contributed by atoms with Crippen LogP contribution in [0.3, 0.4) is 0 Å². The number of anilines is 2. The summed E-state index contributed by atoms with van der Waals surface area (Å²) in [6.45, 7) is 1.36. The molecular weight excluding hydrogens is 354 g/mol. The third-order valence-electron chi connectivity index (χ3n) is 3.01. The molecule has 2 N–H and O–H groups in total. The summed E-state index contributed by atoms with van der Waals surface area (Å²) in [6.07, 6.45) is 2.58. The number of hydrogen-bond acceptors (Lipinski definition) is 4. The summed E-state index contributed by atoms with van der Waals surface area (Å²) in [5.74, 6) is 1.53. The maximum absolute atomic E-state index is 6.32. The first-order chi connectivity index (χ1) is 10.2. The number of nitrogens with zero attached hydrogens (tertiary/aromatic N) is 2. The molecule has 0 spiro atoms. The molecule has 4 nitrogen and oxygen atoms in total. The van der Waals surface area contributed by atoms with Crippen molar-refractivity contribution in [2.75, 3.05) is 25.1 Å². The number of methoxy groups -OCH3 is 1. The average molecular weight is 371 g/mol. The van der Waals surface area contributed by atoms with Gasteiger partial charge in [-0.2, -0.15) is 0 Å². The second kappa shape index (κ2) is 7.64. The van der Waals surface area contributed by atoms with Crippen molar-refractivity contribution < 1.29 is 4.74 Å². The number of benzene rings is 1. The lowest BCUT2D eigenvalue weighted by Gasteiger charge is -2.25. The lowest BCUT2D eigenvalue weighted by molar-refractivity contribution is 0.415. The van der Waals surface area contributed by atoms with E-state index in [2.05, 4.69) is 25.8 Å². The van der Waals surface area contributed by atoms with Crippen LogP contribution in [0.4, 0.5) is 11.5 Å². The van der Waals surface area contributed by atoms with Crippen LogP contribution >= 0.6 is 27.5 Å². The molecule has 6 heteroatoms. The highest BCUT2D eigenvalue weighted by atomic mass is 79.9. The molecular formula is C15H17BrClN3O. The standard InChI is InChI=1S/C15H17BrClN3O/c1-21-13-5-3-12(4-6-13)20(8-2-7-18)15-14(17)9-11(16)10-19-15/h3-6,9-10H,2,7-8,18H2,1H3. The number of aromatic nitrogens is 1. The van der Waals surface area contributed by atoms with E-state index in [4.69, 9.17) is 22.1 Å². The summed E-state index contributed by atoms with van der Waals surface area (Å²) >= 11 is 9.69. The van der Waals surface area contributed by atoms with Gasteiger partial charge in [0, 0.05) is 22.9 Å². The summed E-state index contributed by atoms with van der Waals surface area (Å²) in [5.41, 5.74) is 6.63. The molecule has 0 fully saturated rings. The highest BCUT2D eigenvalue weighted by Crippen LogP contribution is 2.32. The largest absolute Gasteiger partial charge is 0.497 e. The molecule has 0 saturated carbocycles. The Morgan fingerprint density at radius 3 is 2.62 bits per heavy atom. The van der Waals surface area contributed by atoms with Crippen molar-refractivity contribution in [3.05, 3.63) is 46.0 Å². The highest BCUT2D eigenvalue weighted by Gasteiger charge is 2.14. The molecule has 1 heterocycles. The molecule has 0 saturated heterocycles. The Bertz CT molecular complexity index is 592. The van der Waals surface area contributed by atoms with Gasteiger partial charge in [-0.25, -0.2) is 4.98 Å². The van der Waals surface area contributed by atoms with E-state index in [-0.39, 0.29) is 0 Å². The Morgan fingerprint density at radius 1 is 1.33 bits per heavy atom. The molecule has 21 heavy (non-hydrogen) atoms. The van der Waals surface area contributed by atoms with Crippen molar-refractivity contribution in [3.8, 4) is 5.75 Å². The Balaban J connectivity index is 2.36. The number of ether oxygens (including phenoxy) is 1. The first-order valence-corrected chi connectivity index (χ1v) is 7.75. The van der Waals surface area contributed by atoms with Crippen LogP contribution in [0.1, 0.15) is 6.42 Å². The second-order valence-electron chi connectivity index (χ2n) is 4.45. The molecule has 0 amide bonds. The summed E-state index contributed by atoms with van der Waals surface area (Å²) in [6, 6.07) is 9.63. The smallest absolute Gasteiger partial charge is 0.151 e. The molecule has 0 unspecified atom stereocenters. The van der Waals surface area contributed by atoms with E-state index in [1.54, 1.807) is 13.3 Å². The van der Waals surface area contributed by atoms with E-state index in [9.17, 15) is 0 Å². The van der Waals surface area contributed by atoms with Gasteiger partial charge in [-0.3, -0.25) is 0 Å². The maximum Gasteiger partial charge on any atom is 0.151 e. The number of nitrogens with two attached hydrogens (primary N) is 1. The maximum atomic E-state index is 6.32. The predicted octanol–water partition coefficient (Wildman–Crippen LogP) is 3.99. The van der Waals surface area contributed by atoms with Gasteiger partial charge >= 0.3 is 0 Å². The van der Waals surface area contributed by atoms with Crippen LogP contribution in [0.25, 0.3) is 0 Å². The molecule has 0 radical (unpaired) electrons. The van der Waals surface area contributed by atoms with Gasteiger partial charge < -0.3 is 15.4 Å². The zero-order valence-corrected chi connectivity index (χ0v) is 14.1. The van der Waals surface area contributed by atoms with E-state index in [0.717, 1.165) is 34.7 Å². The number of hydrogen-bond donors (Lipinski definition) is 1. The molecule has 0 aliphatic rings. The number of pyridine rings is 1. The third-order valence-corrected chi connectivity index (χ3v) is 3.73. The van der Waals surface area contributed by atoms with E-state index >= 15 is 0 Å². The fourth-order valence-corrected chi connectivity index (χ4v) is 2.71. The van der Waals surface area contributed by atoms with E-state index < -0.39 is 0 Å². The molecule has 0 aliphatic carbocycles. The molecule has 112 valence electrons. The topological polar surface area (TPSA) is 51.4 Å². The fraction of sp³-hybridized carbons (Fsp3) is 0.267. The van der Waals surface area contributed by atoms with Gasteiger partial charge in [-0.15, -0.1) is 0 Å². The third kappa shape index (κ3) is 4.09. The minimum absolute atomic E-state index is 0.595. The molecule has 0 atom stereocenters. The van der Waals surface area contributed by atoms with Gasteiger partial charge in [0.1, 0.15) is 5.75 Å². The van der Waals surface area contributed by atoms with Crippen molar-refractivity contribution >= 4 is 39.0 Å². The number of halogens is 2. The summed E-state index contributed by atoms with van der Waals surface area (Å²) in [7, 11) is 1.65. The van der Waals surface area contributed by atoms with Crippen LogP contribution in [0.5, 0.6) is 5.75 Å².